The maximum absolute atomic E-state index is 11.2. The average molecular weight is 276 g/mol. The highest BCUT2D eigenvalue weighted by molar-refractivity contribution is 5.88. The van der Waals surface area contributed by atoms with E-state index in [0.717, 1.165) is 38.4 Å². The Hall–Kier alpha value is -2.37. The van der Waals surface area contributed by atoms with Gasteiger partial charge in [0.1, 0.15) is 5.69 Å². The summed E-state index contributed by atoms with van der Waals surface area (Å²) in [6, 6.07) is 4.74. The number of carbonyl (C=O) groups is 1. The molecule has 0 aliphatic carbocycles. The number of carboxylic acid groups (broad SMARTS) is 1. The van der Waals surface area contributed by atoms with Crippen LogP contribution in [0.25, 0.3) is 6.08 Å². The molecule has 0 unspecified atom stereocenters. The molecule has 1 fully saturated rings. The average Bonchev–Trinajstić information content (AvgIpc) is 2.45. The van der Waals surface area contributed by atoms with Gasteiger partial charge in [-0.3, -0.25) is 10.1 Å². The highest BCUT2D eigenvalue weighted by atomic mass is 16.6. The van der Waals surface area contributed by atoms with Crippen molar-refractivity contribution in [3.8, 4) is 0 Å². The Labute approximate surface area is 116 Å². The standard InChI is InChI=1S/C14H16N2O4/c17-13(18)8-7-11-5-4-6-12(16(19)20)14(11)15-9-2-1-3-10-15/h4-8H,1-3,9-10H2,(H,17,18). The van der Waals surface area contributed by atoms with Crippen LogP contribution in [0.2, 0.25) is 0 Å². The van der Waals surface area contributed by atoms with Crippen molar-refractivity contribution in [1.29, 1.82) is 0 Å². The molecular formula is C14H16N2O4. The number of carboxylic acids is 1. The smallest absolute Gasteiger partial charge is 0.328 e. The Balaban J connectivity index is 2.47. The van der Waals surface area contributed by atoms with E-state index in [1.807, 2.05) is 4.90 Å². The topological polar surface area (TPSA) is 83.7 Å². The van der Waals surface area contributed by atoms with Gasteiger partial charge < -0.3 is 10.0 Å². The Morgan fingerprint density at radius 3 is 2.60 bits per heavy atom. The third-order valence-electron chi connectivity index (χ3n) is 3.32. The summed E-state index contributed by atoms with van der Waals surface area (Å²) in [7, 11) is 0. The van der Waals surface area contributed by atoms with Crippen LogP contribution in [0.3, 0.4) is 0 Å². The van der Waals surface area contributed by atoms with Crippen LogP contribution in [0.5, 0.6) is 0 Å². The molecule has 1 aromatic carbocycles. The quantitative estimate of drug-likeness (QED) is 0.519. The summed E-state index contributed by atoms with van der Waals surface area (Å²) in [6.45, 7) is 1.53. The summed E-state index contributed by atoms with van der Waals surface area (Å²) in [5.41, 5.74) is 1.12. The molecule has 0 atom stereocenters. The molecule has 0 bridgehead atoms. The van der Waals surface area contributed by atoms with E-state index in [9.17, 15) is 14.9 Å². The van der Waals surface area contributed by atoms with Gasteiger partial charge in [0.05, 0.1) is 4.92 Å². The number of para-hydroxylation sites is 1. The molecule has 0 spiro atoms. The van der Waals surface area contributed by atoms with Crippen LogP contribution >= 0.6 is 0 Å². The van der Waals surface area contributed by atoms with E-state index in [4.69, 9.17) is 5.11 Å². The van der Waals surface area contributed by atoms with Crippen LogP contribution in [0.15, 0.2) is 24.3 Å². The summed E-state index contributed by atoms with van der Waals surface area (Å²) >= 11 is 0. The largest absolute Gasteiger partial charge is 0.478 e. The van der Waals surface area contributed by atoms with Gasteiger partial charge in [0.2, 0.25) is 0 Å². The van der Waals surface area contributed by atoms with Crippen molar-refractivity contribution in [2.45, 2.75) is 19.3 Å². The third-order valence-corrected chi connectivity index (χ3v) is 3.32. The highest BCUT2D eigenvalue weighted by Crippen LogP contribution is 2.34. The lowest BCUT2D eigenvalue weighted by Crippen LogP contribution is -2.30. The minimum atomic E-state index is -1.07. The van der Waals surface area contributed by atoms with Gasteiger partial charge in [-0.25, -0.2) is 4.79 Å². The summed E-state index contributed by atoms with van der Waals surface area (Å²) < 4.78 is 0. The van der Waals surface area contributed by atoms with Crippen molar-refractivity contribution < 1.29 is 14.8 Å². The normalized spacial score (nSPS) is 15.5. The fourth-order valence-corrected chi connectivity index (χ4v) is 2.45. The first-order chi connectivity index (χ1) is 9.59. The number of hydrogen-bond acceptors (Lipinski definition) is 4. The maximum atomic E-state index is 11.2. The first-order valence-electron chi connectivity index (χ1n) is 6.53. The monoisotopic (exact) mass is 276 g/mol. The van der Waals surface area contributed by atoms with Gasteiger partial charge in [0.25, 0.3) is 5.69 Å². The number of anilines is 1. The molecule has 0 aromatic heterocycles. The number of piperidine rings is 1. The number of benzene rings is 1. The number of hydrogen-bond donors (Lipinski definition) is 1. The van der Waals surface area contributed by atoms with Crippen molar-refractivity contribution in [2.24, 2.45) is 0 Å². The number of nitro groups is 1. The van der Waals surface area contributed by atoms with Crippen LogP contribution in [0.4, 0.5) is 11.4 Å². The van der Waals surface area contributed by atoms with Crippen LogP contribution in [0, 0.1) is 10.1 Å². The Bertz CT molecular complexity index is 548. The molecule has 6 heteroatoms. The van der Waals surface area contributed by atoms with Crippen LogP contribution in [0.1, 0.15) is 24.8 Å². The maximum Gasteiger partial charge on any atom is 0.328 e. The zero-order valence-corrected chi connectivity index (χ0v) is 11.0. The number of rotatable bonds is 4. The van der Waals surface area contributed by atoms with Crippen molar-refractivity contribution in [3.63, 3.8) is 0 Å². The van der Waals surface area contributed by atoms with Crippen molar-refractivity contribution >= 4 is 23.4 Å². The summed E-state index contributed by atoms with van der Waals surface area (Å²) in [5, 5.41) is 19.9. The second-order valence-electron chi connectivity index (χ2n) is 4.69. The van der Waals surface area contributed by atoms with E-state index in [-0.39, 0.29) is 5.69 Å². The Morgan fingerprint density at radius 2 is 2.00 bits per heavy atom. The number of nitro benzene ring substituents is 1. The number of nitrogens with zero attached hydrogens (tertiary/aromatic N) is 2. The SMILES string of the molecule is O=C(O)C=Cc1cccc([N+](=O)[O-])c1N1CCCCC1. The van der Waals surface area contributed by atoms with Crippen molar-refractivity contribution in [3.05, 3.63) is 40.0 Å². The van der Waals surface area contributed by atoms with Crippen molar-refractivity contribution in [1.82, 2.24) is 0 Å². The molecule has 0 amide bonds. The van der Waals surface area contributed by atoms with Gasteiger partial charge in [-0.1, -0.05) is 12.1 Å². The molecule has 1 N–H and O–H groups in total. The van der Waals surface area contributed by atoms with E-state index in [0.29, 0.717) is 11.3 Å². The molecule has 1 saturated heterocycles. The molecule has 1 aliphatic rings. The summed E-state index contributed by atoms with van der Waals surface area (Å²) in [5.74, 6) is -1.07. The molecular weight excluding hydrogens is 260 g/mol. The van der Waals surface area contributed by atoms with Crippen molar-refractivity contribution in [2.75, 3.05) is 18.0 Å². The second kappa shape index (κ2) is 6.18. The lowest BCUT2D eigenvalue weighted by molar-refractivity contribution is -0.384. The van der Waals surface area contributed by atoms with Gasteiger partial charge in [0.15, 0.2) is 0 Å². The second-order valence-corrected chi connectivity index (χ2v) is 4.69. The molecule has 0 saturated carbocycles. The predicted molar refractivity (Wildman–Crippen MR) is 75.8 cm³/mol. The van der Waals surface area contributed by atoms with Gasteiger partial charge in [0, 0.05) is 30.8 Å². The summed E-state index contributed by atoms with van der Waals surface area (Å²) in [4.78, 5) is 23.4. The van der Waals surface area contributed by atoms with Gasteiger partial charge in [-0.05, 0) is 25.3 Å². The van der Waals surface area contributed by atoms with Gasteiger partial charge >= 0.3 is 5.97 Å². The molecule has 20 heavy (non-hydrogen) atoms. The highest BCUT2D eigenvalue weighted by Gasteiger charge is 2.23. The van der Waals surface area contributed by atoms with E-state index in [1.165, 1.54) is 12.1 Å². The Kier molecular flexibility index (Phi) is 4.34. The molecule has 1 aliphatic heterocycles. The number of aliphatic carboxylic acids is 1. The zero-order valence-electron chi connectivity index (χ0n) is 11.0. The molecule has 1 aromatic rings. The fourth-order valence-electron chi connectivity index (χ4n) is 2.45. The lowest BCUT2D eigenvalue weighted by atomic mass is 10.1. The fraction of sp³-hybridized carbons (Fsp3) is 0.357. The van der Waals surface area contributed by atoms with E-state index >= 15 is 0 Å². The molecule has 106 valence electrons. The van der Waals surface area contributed by atoms with Gasteiger partial charge in [-0.15, -0.1) is 0 Å². The van der Waals surface area contributed by atoms with Gasteiger partial charge in [-0.2, -0.15) is 0 Å². The van der Waals surface area contributed by atoms with Crippen LogP contribution < -0.4 is 4.90 Å². The zero-order chi connectivity index (χ0) is 14.5. The lowest BCUT2D eigenvalue weighted by Gasteiger charge is -2.29. The third kappa shape index (κ3) is 3.14. The first-order valence-corrected chi connectivity index (χ1v) is 6.53. The van der Waals surface area contributed by atoms with Crippen LogP contribution in [-0.2, 0) is 4.79 Å². The minimum Gasteiger partial charge on any atom is -0.478 e. The van der Waals surface area contributed by atoms with E-state index in [1.54, 1.807) is 12.1 Å². The Morgan fingerprint density at radius 1 is 1.30 bits per heavy atom. The molecule has 1 heterocycles. The molecule has 0 radical (unpaired) electrons. The summed E-state index contributed by atoms with van der Waals surface area (Å²) in [6.07, 6.45) is 5.53. The van der Waals surface area contributed by atoms with Crippen LogP contribution in [-0.4, -0.2) is 29.1 Å². The van der Waals surface area contributed by atoms with E-state index in [2.05, 4.69) is 0 Å². The molecule has 2 rings (SSSR count). The predicted octanol–water partition coefficient (Wildman–Crippen LogP) is 2.68. The minimum absolute atomic E-state index is 0.0273. The van der Waals surface area contributed by atoms with E-state index < -0.39 is 10.9 Å². The first kappa shape index (κ1) is 14.0. The molecule has 6 nitrogen and oxygen atoms in total.